The number of ketones is 1. The van der Waals surface area contributed by atoms with Crippen molar-refractivity contribution >= 4 is 33.4 Å². The maximum absolute atomic E-state index is 13.2. The van der Waals surface area contributed by atoms with Crippen LogP contribution in [0.2, 0.25) is 0 Å². The fourth-order valence-electron chi connectivity index (χ4n) is 4.56. The van der Waals surface area contributed by atoms with E-state index in [2.05, 4.69) is 15.9 Å². The monoisotopic (exact) mass is 533 g/mol. The third kappa shape index (κ3) is 4.88. The van der Waals surface area contributed by atoms with Crippen LogP contribution in [0.4, 0.5) is 0 Å². The Labute approximate surface area is 211 Å². The van der Waals surface area contributed by atoms with Gasteiger partial charge in [0.15, 0.2) is 0 Å². The van der Waals surface area contributed by atoms with Gasteiger partial charge in [-0.15, -0.1) is 0 Å². The molecular weight excluding hydrogens is 510 g/mol. The van der Waals surface area contributed by atoms with Crippen molar-refractivity contribution < 1.29 is 24.2 Å². The van der Waals surface area contributed by atoms with Gasteiger partial charge in [0.2, 0.25) is 0 Å². The Balaban J connectivity index is 1.58. The van der Waals surface area contributed by atoms with Crippen molar-refractivity contribution in [3.05, 3.63) is 100 Å². The molecule has 35 heavy (non-hydrogen) atoms. The zero-order valence-electron chi connectivity index (χ0n) is 18.9. The molecule has 0 saturated carbocycles. The van der Waals surface area contributed by atoms with E-state index in [9.17, 15) is 14.7 Å². The number of Topliss-reactive ketones (excluding diaryl/α,β-unsaturated/α-hetero) is 1. The Morgan fingerprint density at radius 1 is 1.00 bits per heavy atom. The summed E-state index contributed by atoms with van der Waals surface area (Å²) in [6, 6.07) is 22.9. The molecule has 2 saturated heterocycles. The van der Waals surface area contributed by atoms with Crippen LogP contribution >= 0.6 is 15.9 Å². The fourth-order valence-corrected chi connectivity index (χ4v) is 4.82. The molecule has 5 rings (SSSR count). The highest BCUT2D eigenvalue weighted by Crippen LogP contribution is 2.41. The number of hydrogen-bond donors (Lipinski definition) is 1. The number of ether oxygens (including phenoxy) is 2. The number of carbonyl (C=O) groups is 2. The predicted octanol–water partition coefficient (Wildman–Crippen LogP) is 5.84. The summed E-state index contributed by atoms with van der Waals surface area (Å²) in [5.74, 6) is -0.306. The van der Waals surface area contributed by atoms with Gasteiger partial charge in [-0.3, -0.25) is 9.59 Å². The number of aliphatic hydroxyl groups excluding tert-OH is 1. The van der Waals surface area contributed by atoms with E-state index in [0.717, 1.165) is 17.3 Å². The number of rotatable bonds is 6. The molecule has 1 N–H and O–H groups in total. The molecule has 0 aromatic heterocycles. The Hall–Kier alpha value is -3.42. The second-order valence-corrected chi connectivity index (χ2v) is 9.50. The first-order chi connectivity index (χ1) is 17.0. The van der Waals surface area contributed by atoms with Crippen LogP contribution in [-0.4, -0.2) is 41.0 Å². The summed E-state index contributed by atoms with van der Waals surface area (Å²) in [7, 11) is 0. The van der Waals surface area contributed by atoms with E-state index >= 15 is 0 Å². The molecule has 7 heteroatoms. The van der Waals surface area contributed by atoms with E-state index in [1.165, 1.54) is 4.90 Å². The molecule has 2 fully saturated rings. The topological polar surface area (TPSA) is 76.1 Å². The Morgan fingerprint density at radius 2 is 1.74 bits per heavy atom. The zero-order chi connectivity index (χ0) is 24.4. The van der Waals surface area contributed by atoms with Crippen LogP contribution in [-0.2, 0) is 14.3 Å². The normalized spacial score (nSPS) is 21.5. The molecule has 0 aliphatic carbocycles. The number of amides is 1. The highest BCUT2D eigenvalue weighted by atomic mass is 79.9. The van der Waals surface area contributed by atoms with E-state index in [0.29, 0.717) is 29.2 Å². The molecule has 2 aliphatic rings. The number of likely N-dealkylation sites (tertiary alicyclic amines) is 1. The number of benzene rings is 3. The molecular formula is C28H24BrNO5. The molecule has 6 nitrogen and oxygen atoms in total. The Morgan fingerprint density at radius 3 is 2.46 bits per heavy atom. The van der Waals surface area contributed by atoms with Crippen molar-refractivity contribution in [2.45, 2.75) is 25.0 Å². The summed E-state index contributed by atoms with van der Waals surface area (Å²) in [5.41, 5.74) is 1.20. The maximum Gasteiger partial charge on any atom is 0.295 e. The minimum atomic E-state index is -0.762. The van der Waals surface area contributed by atoms with Crippen molar-refractivity contribution in [2.75, 3.05) is 13.2 Å². The number of hydrogen-bond acceptors (Lipinski definition) is 5. The van der Waals surface area contributed by atoms with Gasteiger partial charge in [0.25, 0.3) is 11.7 Å². The summed E-state index contributed by atoms with van der Waals surface area (Å²) >= 11 is 3.39. The summed E-state index contributed by atoms with van der Waals surface area (Å²) in [5, 5.41) is 11.2. The van der Waals surface area contributed by atoms with Crippen LogP contribution in [0.3, 0.4) is 0 Å². The number of nitrogens with zero attached hydrogens (tertiary/aromatic N) is 1. The molecule has 2 aliphatic heterocycles. The lowest BCUT2D eigenvalue weighted by Gasteiger charge is -2.27. The lowest BCUT2D eigenvalue weighted by molar-refractivity contribution is -0.140. The lowest BCUT2D eigenvalue weighted by atomic mass is 9.95. The number of carbonyl (C=O) groups excluding carboxylic acids is 2. The van der Waals surface area contributed by atoms with Gasteiger partial charge in [-0.25, -0.2) is 0 Å². The molecule has 2 atom stereocenters. The number of aliphatic hydroxyl groups is 1. The summed E-state index contributed by atoms with van der Waals surface area (Å²) < 4.78 is 12.6. The van der Waals surface area contributed by atoms with Crippen molar-refractivity contribution in [3.8, 4) is 11.5 Å². The highest BCUT2D eigenvalue weighted by molar-refractivity contribution is 9.10. The van der Waals surface area contributed by atoms with Gasteiger partial charge < -0.3 is 19.5 Å². The molecule has 3 aromatic carbocycles. The lowest BCUT2D eigenvalue weighted by Crippen LogP contribution is -2.36. The molecule has 3 aromatic rings. The number of halogens is 1. The fraction of sp³-hybridized carbons (Fsp3) is 0.214. The summed E-state index contributed by atoms with van der Waals surface area (Å²) in [6.45, 7) is 0.911. The minimum Gasteiger partial charge on any atom is -0.507 e. The summed E-state index contributed by atoms with van der Waals surface area (Å²) in [6.07, 6.45) is 1.59. The third-order valence-corrected chi connectivity index (χ3v) is 6.76. The van der Waals surface area contributed by atoms with Crippen molar-refractivity contribution in [1.82, 2.24) is 4.90 Å². The van der Waals surface area contributed by atoms with Gasteiger partial charge in [0.1, 0.15) is 17.3 Å². The van der Waals surface area contributed by atoms with Crippen LogP contribution in [0.1, 0.15) is 30.0 Å². The van der Waals surface area contributed by atoms with E-state index in [1.54, 1.807) is 30.3 Å². The molecule has 178 valence electrons. The second-order valence-electron chi connectivity index (χ2n) is 8.58. The van der Waals surface area contributed by atoms with Crippen LogP contribution in [0.15, 0.2) is 88.9 Å². The smallest absolute Gasteiger partial charge is 0.295 e. The average Bonchev–Trinajstić information content (AvgIpc) is 3.47. The first kappa shape index (κ1) is 23.3. The van der Waals surface area contributed by atoms with Gasteiger partial charge in [-0.2, -0.15) is 0 Å². The SMILES string of the molecule is O=C1C(=O)N(CC2CCCO2)C(c2cccc(Oc3ccccc3)c2)C1=C(O)c1ccc(Br)cc1. The van der Waals surface area contributed by atoms with Crippen molar-refractivity contribution in [2.24, 2.45) is 0 Å². The number of para-hydroxylation sites is 1. The van der Waals surface area contributed by atoms with Crippen molar-refractivity contribution in [3.63, 3.8) is 0 Å². The van der Waals surface area contributed by atoms with Crippen LogP contribution in [0.5, 0.6) is 11.5 Å². The third-order valence-electron chi connectivity index (χ3n) is 6.23. The molecule has 2 heterocycles. The average molecular weight is 534 g/mol. The largest absolute Gasteiger partial charge is 0.507 e. The van der Waals surface area contributed by atoms with Gasteiger partial charge >= 0.3 is 0 Å². The standard InChI is InChI=1S/C28H24BrNO5/c29-20-13-11-18(12-14-20)26(31)24-25(30(28(33)27(24)32)17-23-10-5-15-34-23)19-6-4-9-22(16-19)35-21-7-2-1-3-8-21/h1-4,6-9,11-14,16,23,25,31H,5,10,15,17H2. The predicted molar refractivity (Wildman–Crippen MR) is 135 cm³/mol. The Kier molecular flexibility index (Phi) is 6.70. The van der Waals surface area contributed by atoms with E-state index < -0.39 is 17.7 Å². The van der Waals surface area contributed by atoms with Gasteiger partial charge in [0, 0.05) is 23.2 Å². The molecule has 1 amide bonds. The first-order valence-corrected chi connectivity index (χ1v) is 12.3. The molecule has 0 radical (unpaired) electrons. The van der Waals surface area contributed by atoms with Gasteiger partial charge in [-0.1, -0.05) is 58.4 Å². The summed E-state index contributed by atoms with van der Waals surface area (Å²) in [4.78, 5) is 27.9. The molecule has 2 unspecified atom stereocenters. The second kappa shape index (κ2) is 10.1. The quantitative estimate of drug-likeness (QED) is 0.244. The van der Waals surface area contributed by atoms with Crippen LogP contribution in [0.25, 0.3) is 5.76 Å². The van der Waals surface area contributed by atoms with E-state index in [1.807, 2.05) is 48.5 Å². The van der Waals surface area contributed by atoms with Crippen LogP contribution in [0, 0.1) is 0 Å². The first-order valence-electron chi connectivity index (χ1n) is 11.5. The molecule has 0 spiro atoms. The van der Waals surface area contributed by atoms with Gasteiger partial charge in [-0.05, 0) is 54.8 Å². The van der Waals surface area contributed by atoms with E-state index in [4.69, 9.17) is 9.47 Å². The van der Waals surface area contributed by atoms with Crippen LogP contribution < -0.4 is 4.74 Å². The zero-order valence-corrected chi connectivity index (χ0v) is 20.5. The minimum absolute atomic E-state index is 0.0622. The Bertz CT molecular complexity index is 1270. The van der Waals surface area contributed by atoms with Crippen molar-refractivity contribution in [1.29, 1.82) is 0 Å². The highest BCUT2D eigenvalue weighted by Gasteiger charge is 2.47. The van der Waals surface area contributed by atoms with E-state index in [-0.39, 0.29) is 24.0 Å². The maximum atomic E-state index is 13.2. The van der Waals surface area contributed by atoms with Gasteiger partial charge in [0.05, 0.1) is 17.7 Å². The molecule has 0 bridgehead atoms.